The Hall–Kier alpha value is -8.98. The van der Waals surface area contributed by atoms with Crippen molar-refractivity contribution >= 4 is 38.9 Å². The number of rotatable bonds is 5. The Balaban J connectivity index is 1.09. The molecule has 2 spiro atoms. The number of fused-ring (bicyclic) bond motifs is 19. The van der Waals surface area contributed by atoms with Gasteiger partial charge >= 0.3 is 0 Å². The zero-order chi connectivity index (χ0) is 46.0. The second-order valence-electron chi connectivity index (χ2n) is 19.1. The molecule has 0 saturated carbocycles. The van der Waals surface area contributed by atoms with Crippen LogP contribution >= 0.6 is 0 Å². The van der Waals surface area contributed by atoms with Gasteiger partial charge in [-0.05, 0) is 121 Å². The summed E-state index contributed by atoms with van der Waals surface area (Å²) >= 11 is 0. The summed E-state index contributed by atoms with van der Waals surface area (Å²) in [6.07, 6.45) is 0. The monoisotopic (exact) mass is 888 g/mol. The molecule has 2 heteroatoms. The van der Waals surface area contributed by atoms with Gasteiger partial charge in [0, 0.05) is 33.4 Å². The molecule has 0 unspecified atom stereocenters. The van der Waals surface area contributed by atoms with Crippen molar-refractivity contribution in [3.63, 3.8) is 0 Å². The molecule has 3 aliphatic carbocycles. The Morgan fingerprint density at radius 2 is 0.714 bits per heavy atom. The van der Waals surface area contributed by atoms with Crippen LogP contribution in [-0.4, -0.2) is 4.57 Å². The maximum absolute atomic E-state index is 2.56. The average molecular weight is 889 g/mol. The third-order valence-corrected chi connectivity index (χ3v) is 15.9. The van der Waals surface area contributed by atoms with Crippen LogP contribution in [0.25, 0.3) is 60.9 Å². The fourth-order valence-electron chi connectivity index (χ4n) is 13.3. The molecule has 3 aliphatic rings. The quantitative estimate of drug-likeness (QED) is 0.167. The maximum atomic E-state index is 2.56. The van der Waals surface area contributed by atoms with Gasteiger partial charge in [-0.15, -0.1) is 0 Å². The van der Waals surface area contributed by atoms with Crippen LogP contribution < -0.4 is 4.90 Å². The van der Waals surface area contributed by atoms with E-state index >= 15 is 0 Å². The second kappa shape index (κ2) is 14.8. The van der Waals surface area contributed by atoms with Crippen LogP contribution in [0.3, 0.4) is 0 Å². The van der Waals surface area contributed by atoms with Crippen molar-refractivity contribution in [2.45, 2.75) is 10.8 Å². The zero-order valence-electron chi connectivity index (χ0n) is 38.3. The first-order chi connectivity index (χ1) is 34.8. The van der Waals surface area contributed by atoms with E-state index in [2.05, 4.69) is 276 Å². The van der Waals surface area contributed by atoms with E-state index in [0.717, 1.165) is 22.7 Å². The van der Waals surface area contributed by atoms with Crippen molar-refractivity contribution in [3.05, 3.63) is 311 Å². The minimum absolute atomic E-state index is 0.611. The summed E-state index contributed by atoms with van der Waals surface area (Å²) in [6, 6.07) is 100. The van der Waals surface area contributed by atoms with Gasteiger partial charge in [0.25, 0.3) is 0 Å². The molecule has 0 atom stereocenters. The molecule has 0 saturated heterocycles. The average Bonchev–Trinajstić information content (AvgIpc) is 4.04. The number of benzene rings is 11. The molecule has 11 aromatic carbocycles. The van der Waals surface area contributed by atoms with E-state index in [9.17, 15) is 0 Å². The van der Waals surface area contributed by atoms with Crippen molar-refractivity contribution in [2.75, 3.05) is 4.90 Å². The van der Waals surface area contributed by atoms with Crippen LogP contribution in [0.1, 0.15) is 44.5 Å². The maximum Gasteiger partial charge on any atom is 0.0740 e. The molecular weight excluding hydrogens is 845 g/mol. The van der Waals surface area contributed by atoms with Crippen molar-refractivity contribution in [1.82, 2.24) is 4.57 Å². The number of hydrogen-bond donors (Lipinski definition) is 0. The molecule has 0 aliphatic heterocycles. The van der Waals surface area contributed by atoms with Crippen LogP contribution in [0.2, 0.25) is 0 Å². The minimum Gasteiger partial charge on any atom is -0.310 e. The molecule has 15 rings (SSSR count). The second-order valence-corrected chi connectivity index (χ2v) is 19.1. The lowest BCUT2D eigenvalue weighted by molar-refractivity contribution is 0.633. The van der Waals surface area contributed by atoms with Gasteiger partial charge in [0.2, 0.25) is 0 Å². The fraction of sp³-hybridized carbons (Fsp3) is 0.0294. The number of hydrogen-bond acceptors (Lipinski definition) is 1. The smallest absolute Gasteiger partial charge is 0.0740 e. The number of aromatic nitrogens is 1. The largest absolute Gasteiger partial charge is 0.310 e. The molecule has 0 N–H and O–H groups in total. The summed E-state index contributed by atoms with van der Waals surface area (Å²) in [5.41, 5.74) is 23.5. The number of nitrogens with zero attached hydrogens (tertiary/aromatic N) is 2. The lowest BCUT2D eigenvalue weighted by Crippen LogP contribution is -2.44. The topological polar surface area (TPSA) is 8.17 Å². The molecule has 326 valence electrons. The molecule has 12 aromatic rings. The highest BCUT2D eigenvalue weighted by molar-refractivity contribution is 6.09. The molecule has 0 bridgehead atoms. The predicted octanol–water partition coefficient (Wildman–Crippen LogP) is 17.0. The first-order valence-corrected chi connectivity index (χ1v) is 24.4. The van der Waals surface area contributed by atoms with E-state index in [1.165, 1.54) is 99.7 Å². The molecule has 70 heavy (non-hydrogen) atoms. The van der Waals surface area contributed by atoms with Gasteiger partial charge in [0.05, 0.1) is 27.6 Å². The molecule has 0 radical (unpaired) electrons. The summed E-state index contributed by atoms with van der Waals surface area (Å²) in [6.45, 7) is 0. The normalized spacial score (nSPS) is 13.9. The lowest BCUT2D eigenvalue weighted by atomic mass is 9.52. The Bertz CT molecular complexity index is 3940. The lowest BCUT2D eigenvalue weighted by Gasteiger charge is -2.50. The first-order valence-electron chi connectivity index (χ1n) is 24.4. The summed E-state index contributed by atoms with van der Waals surface area (Å²) in [7, 11) is 0. The van der Waals surface area contributed by atoms with Crippen molar-refractivity contribution in [1.29, 1.82) is 0 Å². The number of para-hydroxylation sites is 2. The zero-order valence-corrected chi connectivity index (χ0v) is 38.3. The van der Waals surface area contributed by atoms with E-state index in [0.29, 0.717) is 0 Å². The van der Waals surface area contributed by atoms with Crippen molar-refractivity contribution < 1.29 is 0 Å². The first kappa shape index (κ1) is 39.1. The highest BCUT2D eigenvalue weighted by atomic mass is 15.2. The van der Waals surface area contributed by atoms with Crippen LogP contribution in [0, 0.1) is 0 Å². The van der Waals surface area contributed by atoms with Gasteiger partial charge in [-0.2, -0.15) is 0 Å². The van der Waals surface area contributed by atoms with Crippen LogP contribution in [0.4, 0.5) is 17.1 Å². The highest BCUT2D eigenvalue weighted by Crippen LogP contribution is 2.69. The predicted molar refractivity (Wildman–Crippen MR) is 289 cm³/mol. The fourth-order valence-corrected chi connectivity index (χ4v) is 13.3. The summed E-state index contributed by atoms with van der Waals surface area (Å²) in [5, 5.41) is 2.49. The SMILES string of the molecule is c1ccc(-c2ccc(N(c3cccc(-n4c5ccccc5c5ccccc54)c3)c3cccc4c3C3(c5ccccc5-c5ccccc53)c3ccccc3C43c4ccccc4-c4ccccc43)cc2)cc1. The van der Waals surface area contributed by atoms with Gasteiger partial charge in [-0.1, -0.05) is 218 Å². The summed E-state index contributed by atoms with van der Waals surface area (Å²) in [5.74, 6) is 0. The molecule has 1 heterocycles. The molecule has 1 aromatic heterocycles. The van der Waals surface area contributed by atoms with Gasteiger partial charge in [-0.25, -0.2) is 0 Å². The van der Waals surface area contributed by atoms with Gasteiger partial charge in [-0.3, -0.25) is 0 Å². The van der Waals surface area contributed by atoms with E-state index in [4.69, 9.17) is 0 Å². The van der Waals surface area contributed by atoms with Gasteiger partial charge in [0.1, 0.15) is 0 Å². The Morgan fingerprint density at radius 1 is 0.286 bits per heavy atom. The Labute approximate surface area is 407 Å². The van der Waals surface area contributed by atoms with E-state index in [-0.39, 0.29) is 0 Å². The van der Waals surface area contributed by atoms with E-state index in [1.807, 2.05) is 0 Å². The van der Waals surface area contributed by atoms with Crippen molar-refractivity contribution in [2.24, 2.45) is 0 Å². The van der Waals surface area contributed by atoms with Crippen LogP contribution in [-0.2, 0) is 10.8 Å². The summed E-state index contributed by atoms with van der Waals surface area (Å²) in [4.78, 5) is 2.56. The highest BCUT2D eigenvalue weighted by Gasteiger charge is 2.60. The third kappa shape index (κ3) is 5.07. The standard InChI is InChI=1S/C68H44N2/c1-2-20-45(21-3-1)46-40-42-47(43-41-46)69(48-22-18-23-49(44-48)70-63-37-16-8-28-54(63)55-29-9-17-38-64(55)70)65-39-19-36-62-66(65)68(58-32-12-6-26-52(58)53-27-7-13-33-59(53)68)61-35-15-14-34-60(61)67(62)56-30-10-4-24-50(56)51-25-5-11-31-57(51)67/h1-44H. The third-order valence-electron chi connectivity index (χ3n) is 15.9. The van der Waals surface area contributed by atoms with Crippen LogP contribution in [0.5, 0.6) is 0 Å². The molecular formula is C68H44N2. The van der Waals surface area contributed by atoms with Gasteiger partial charge < -0.3 is 9.47 Å². The van der Waals surface area contributed by atoms with E-state index < -0.39 is 10.8 Å². The Morgan fingerprint density at radius 3 is 1.29 bits per heavy atom. The molecule has 0 amide bonds. The van der Waals surface area contributed by atoms with E-state index in [1.54, 1.807) is 0 Å². The molecule has 0 fully saturated rings. The Kier molecular flexibility index (Phi) is 8.24. The van der Waals surface area contributed by atoms with Crippen molar-refractivity contribution in [3.8, 4) is 39.1 Å². The molecule has 2 nitrogen and oxygen atoms in total. The van der Waals surface area contributed by atoms with Crippen LogP contribution in [0.15, 0.2) is 267 Å². The number of anilines is 3. The van der Waals surface area contributed by atoms with Gasteiger partial charge in [0.15, 0.2) is 0 Å². The summed E-state index contributed by atoms with van der Waals surface area (Å²) < 4.78 is 2.44. The minimum atomic E-state index is -0.680.